The Morgan fingerprint density at radius 3 is 2.21 bits per heavy atom. The number of amides is 1. The van der Waals surface area contributed by atoms with E-state index < -0.39 is 12.1 Å². The van der Waals surface area contributed by atoms with E-state index in [1.807, 2.05) is 0 Å². The monoisotopic (exact) mass is 423 g/mol. The molecule has 2 aromatic rings. The van der Waals surface area contributed by atoms with E-state index in [2.05, 4.69) is 5.32 Å². The van der Waals surface area contributed by atoms with Crippen molar-refractivity contribution in [2.24, 2.45) is 0 Å². The number of thioether (sulfide) groups is 1. The SMILES string of the molecule is COc1cc(SC(=O)c2ccc(CO)c(NC(=O)C(C)F)c2)cc(OC)c1OC. The van der Waals surface area contributed by atoms with E-state index in [1.54, 1.807) is 12.1 Å². The number of nitrogens with one attached hydrogen (secondary N) is 1. The number of hydrogen-bond donors (Lipinski definition) is 2. The minimum absolute atomic E-state index is 0.179. The first kappa shape index (κ1) is 22.5. The van der Waals surface area contributed by atoms with Crippen LogP contribution in [-0.4, -0.2) is 43.6 Å². The van der Waals surface area contributed by atoms with Crippen LogP contribution in [0.15, 0.2) is 35.2 Å². The van der Waals surface area contributed by atoms with Crippen LogP contribution in [-0.2, 0) is 11.4 Å². The second-order valence-electron chi connectivity index (χ2n) is 5.89. The van der Waals surface area contributed by atoms with E-state index in [0.717, 1.165) is 18.7 Å². The van der Waals surface area contributed by atoms with E-state index in [-0.39, 0.29) is 23.0 Å². The van der Waals surface area contributed by atoms with Crippen molar-refractivity contribution < 1.29 is 33.3 Å². The second kappa shape index (κ2) is 10.1. The van der Waals surface area contributed by atoms with Gasteiger partial charge in [0.15, 0.2) is 17.7 Å². The summed E-state index contributed by atoms with van der Waals surface area (Å²) in [6.45, 7) is 0.730. The van der Waals surface area contributed by atoms with Gasteiger partial charge < -0.3 is 24.6 Å². The highest BCUT2D eigenvalue weighted by atomic mass is 32.2. The van der Waals surface area contributed by atoms with Crippen molar-refractivity contribution in [1.82, 2.24) is 0 Å². The molecule has 0 saturated heterocycles. The number of aliphatic hydroxyl groups excluding tert-OH is 1. The van der Waals surface area contributed by atoms with Gasteiger partial charge in [-0.1, -0.05) is 6.07 Å². The third-order valence-electron chi connectivity index (χ3n) is 3.98. The van der Waals surface area contributed by atoms with Crippen molar-refractivity contribution in [2.45, 2.75) is 24.6 Å². The number of benzene rings is 2. The lowest BCUT2D eigenvalue weighted by molar-refractivity contribution is -0.120. The minimum Gasteiger partial charge on any atom is -0.493 e. The highest BCUT2D eigenvalue weighted by Gasteiger charge is 2.18. The van der Waals surface area contributed by atoms with E-state index in [4.69, 9.17) is 14.2 Å². The van der Waals surface area contributed by atoms with Gasteiger partial charge in [0.05, 0.1) is 27.9 Å². The van der Waals surface area contributed by atoms with Gasteiger partial charge in [-0.05, 0) is 43.0 Å². The molecule has 29 heavy (non-hydrogen) atoms. The molecule has 0 saturated carbocycles. The summed E-state index contributed by atoms with van der Waals surface area (Å²) in [6.07, 6.45) is -1.73. The van der Waals surface area contributed by atoms with Gasteiger partial charge in [-0.25, -0.2) is 4.39 Å². The standard InChI is InChI=1S/C20H22FNO6S/c1-11(21)19(24)22-15-7-12(5-6-13(15)10-23)20(25)29-14-8-16(26-2)18(28-4)17(9-14)27-3/h5-9,11,23H,10H2,1-4H3,(H,22,24). The number of anilines is 1. The molecule has 1 unspecified atom stereocenters. The summed E-state index contributed by atoms with van der Waals surface area (Å²) in [7, 11) is 4.43. The smallest absolute Gasteiger partial charge is 0.258 e. The van der Waals surface area contributed by atoms with Crippen LogP contribution in [0, 0.1) is 0 Å². The van der Waals surface area contributed by atoms with Gasteiger partial charge in [0.2, 0.25) is 10.9 Å². The predicted octanol–water partition coefficient (Wildman–Crippen LogP) is 3.43. The first-order chi connectivity index (χ1) is 13.8. The van der Waals surface area contributed by atoms with Crippen LogP contribution < -0.4 is 19.5 Å². The zero-order valence-corrected chi connectivity index (χ0v) is 17.3. The van der Waals surface area contributed by atoms with Gasteiger partial charge in [-0.15, -0.1) is 0 Å². The number of alkyl halides is 1. The van der Waals surface area contributed by atoms with Gasteiger partial charge in [0.25, 0.3) is 5.91 Å². The number of methoxy groups -OCH3 is 3. The normalized spacial score (nSPS) is 11.5. The Hall–Kier alpha value is -2.78. The lowest BCUT2D eigenvalue weighted by atomic mass is 10.1. The van der Waals surface area contributed by atoms with Crippen molar-refractivity contribution in [3.05, 3.63) is 41.5 Å². The Morgan fingerprint density at radius 2 is 1.72 bits per heavy atom. The lowest BCUT2D eigenvalue weighted by Gasteiger charge is -2.14. The molecule has 0 radical (unpaired) electrons. The highest BCUT2D eigenvalue weighted by Crippen LogP contribution is 2.41. The second-order valence-corrected chi connectivity index (χ2v) is 6.93. The first-order valence-electron chi connectivity index (χ1n) is 8.55. The molecule has 0 fully saturated rings. The number of hydrogen-bond acceptors (Lipinski definition) is 7. The summed E-state index contributed by atoms with van der Waals surface area (Å²) in [5.74, 6) is 0.358. The van der Waals surface area contributed by atoms with Crippen LogP contribution in [0.4, 0.5) is 10.1 Å². The molecule has 1 amide bonds. The van der Waals surface area contributed by atoms with Crippen LogP contribution in [0.2, 0.25) is 0 Å². The van der Waals surface area contributed by atoms with Crippen molar-refractivity contribution in [2.75, 3.05) is 26.6 Å². The molecule has 156 valence electrons. The number of carbonyl (C=O) groups excluding carboxylic acids is 2. The van der Waals surface area contributed by atoms with E-state index >= 15 is 0 Å². The van der Waals surface area contributed by atoms with Gasteiger partial charge >= 0.3 is 0 Å². The van der Waals surface area contributed by atoms with Crippen LogP contribution in [0.1, 0.15) is 22.8 Å². The van der Waals surface area contributed by atoms with E-state index in [9.17, 15) is 19.1 Å². The number of rotatable bonds is 8. The molecule has 2 aromatic carbocycles. The number of halogens is 1. The molecule has 0 aliphatic heterocycles. The Balaban J connectivity index is 2.32. The topological polar surface area (TPSA) is 94.1 Å². The number of aliphatic hydroxyl groups is 1. The first-order valence-corrected chi connectivity index (χ1v) is 9.37. The summed E-state index contributed by atoms with van der Waals surface area (Å²) in [5.41, 5.74) is 0.814. The van der Waals surface area contributed by atoms with Crippen molar-refractivity contribution in [3.63, 3.8) is 0 Å². The maximum Gasteiger partial charge on any atom is 0.258 e. The van der Waals surface area contributed by atoms with Crippen LogP contribution in [0.3, 0.4) is 0 Å². The van der Waals surface area contributed by atoms with Crippen LogP contribution >= 0.6 is 11.8 Å². The molecule has 2 N–H and O–H groups in total. The fraction of sp³-hybridized carbons (Fsp3) is 0.300. The maximum absolute atomic E-state index is 13.2. The average Bonchev–Trinajstić information content (AvgIpc) is 2.72. The predicted molar refractivity (Wildman–Crippen MR) is 108 cm³/mol. The van der Waals surface area contributed by atoms with Gasteiger partial charge in [-0.3, -0.25) is 9.59 Å². The summed E-state index contributed by atoms with van der Waals surface area (Å²) in [6, 6.07) is 7.70. The molecular weight excluding hydrogens is 401 g/mol. The van der Waals surface area contributed by atoms with Crippen molar-refractivity contribution in [1.29, 1.82) is 0 Å². The van der Waals surface area contributed by atoms with Crippen LogP contribution in [0.5, 0.6) is 17.2 Å². The number of ether oxygens (including phenoxy) is 3. The summed E-state index contributed by atoms with van der Waals surface area (Å²) >= 11 is 0.919. The molecule has 0 heterocycles. The Labute approximate surface area is 172 Å². The Bertz CT molecular complexity index is 878. The van der Waals surface area contributed by atoms with Gasteiger partial charge in [0, 0.05) is 21.7 Å². The van der Waals surface area contributed by atoms with Gasteiger partial charge in [-0.2, -0.15) is 0 Å². The highest BCUT2D eigenvalue weighted by molar-refractivity contribution is 8.14. The van der Waals surface area contributed by atoms with Crippen molar-refractivity contribution >= 4 is 28.5 Å². The summed E-state index contributed by atoms with van der Waals surface area (Å²) < 4.78 is 29.0. The fourth-order valence-corrected chi connectivity index (χ4v) is 3.26. The zero-order chi connectivity index (χ0) is 21.6. The molecule has 7 nitrogen and oxygen atoms in total. The van der Waals surface area contributed by atoms with E-state index in [1.165, 1.54) is 39.5 Å². The van der Waals surface area contributed by atoms with E-state index in [0.29, 0.717) is 27.7 Å². The zero-order valence-electron chi connectivity index (χ0n) is 16.4. The fourth-order valence-electron chi connectivity index (χ4n) is 2.47. The number of carbonyl (C=O) groups is 2. The minimum atomic E-state index is -1.73. The summed E-state index contributed by atoms with van der Waals surface area (Å²) in [5, 5.41) is 11.5. The Kier molecular flexibility index (Phi) is 7.86. The van der Waals surface area contributed by atoms with Gasteiger partial charge in [0.1, 0.15) is 0 Å². The third kappa shape index (κ3) is 5.39. The molecule has 0 aromatic heterocycles. The summed E-state index contributed by atoms with van der Waals surface area (Å²) in [4.78, 5) is 25.0. The molecule has 2 rings (SSSR count). The molecule has 0 spiro atoms. The molecule has 0 bridgehead atoms. The molecule has 0 aliphatic carbocycles. The molecule has 0 aliphatic rings. The average molecular weight is 423 g/mol. The quantitative estimate of drug-likeness (QED) is 0.628. The maximum atomic E-state index is 13.2. The Morgan fingerprint density at radius 1 is 1.10 bits per heavy atom. The third-order valence-corrected chi connectivity index (χ3v) is 4.88. The lowest BCUT2D eigenvalue weighted by Crippen LogP contribution is -2.22. The largest absolute Gasteiger partial charge is 0.493 e. The molecule has 9 heteroatoms. The van der Waals surface area contributed by atoms with Crippen molar-refractivity contribution in [3.8, 4) is 17.2 Å². The molecule has 1 atom stereocenters. The van der Waals surface area contributed by atoms with Crippen LogP contribution in [0.25, 0.3) is 0 Å². The molecular formula is C20H22FNO6S.